The summed E-state index contributed by atoms with van der Waals surface area (Å²) < 4.78 is 6.58. The molecule has 2 aromatic carbocycles. The zero-order chi connectivity index (χ0) is 17.1. The highest BCUT2D eigenvalue weighted by Gasteiger charge is 2.11. The topological polar surface area (TPSA) is 22.1 Å². The van der Waals surface area contributed by atoms with Crippen LogP contribution in [0, 0.1) is 0 Å². The van der Waals surface area contributed by atoms with Gasteiger partial charge in [-0.25, -0.2) is 0 Å². The number of rotatable bonds is 4. The van der Waals surface area contributed by atoms with Crippen LogP contribution in [0.2, 0.25) is 0 Å². The maximum atomic E-state index is 5.28. The molecular formula is C22H17NOS. The molecule has 2 nitrogen and oxygen atoms in total. The Morgan fingerprint density at radius 3 is 2.40 bits per heavy atom. The number of methoxy groups -OCH3 is 1. The van der Waals surface area contributed by atoms with Crippen LogP contribution in [0.1, 0.15) is 11.1 Å². The molecule has 0 bridgehead atoms. The molecule has 0 aliphatic heterocycles. The number of benzene rings is 2. The fraction of sp³-hybridized carbons (Fsp3) is 0.0455. The van der Waals surface area contributed by atoms with Gasteiger partial charge in [0, 0.05) is 32.9 Å². The minimum absolute atomic E-state index is 0.874. The smallest absolute Gasteiger partial charge is 0.118 e. The molecule has 3 heteroatoms. The van der Waals surface area contributed by atoms with Crippen molar-refractivity contribution >= 4 is 33.6 Å². The summed E-state index contributed by atoms with van der Waals surface area (Å²) in [6, 6.07) is 20.8. The molecule has 4 rings (SSSR count). The monoisotopic (exact) mass is 343 g/mol. The van der Waals surface area contributed by atoms with Crippen molar-refractivity contribution in [1.29, 1.82) is 0 Å². The van der Waals surface area contributed by atoms with Crippen LogP contribution in [0.15, 0.2) is 73.1 Å². The lowest BCUT2D eigenvalue weighted by Crippen LogP contribution is -1.82. The molecule has 4 aromatic rings. The first kappa shape index (κ1) is 15.6. The van der Waals surface area contributed by atoms with E-state index in [9.17, 15) is 0 Å². The minimum Gasteiger partial charge on any atom is -0.497 e. The molecule has 0 atom stereocenters. The number of thiophene rings is 1. The van der Waals surface area contributed by atoms with Crippen molar-refractivity contribution < 1.29 is 4.74 Å². The van der Waals surface area contributed by atoms with Gasteiger partial charge in [-0.1, -0.05) is 30.4 Å². The third kappa shape index (κ3) is 3.19. The average Bonchev–Trinajstić information content (AvgIpc) is 3.06. The van der Waals surface area contributed by atoms with Gasteiger partial charge in [-0.3, -0.25) is 4.98 Å². The van der Waals surface area contributed by atoms with Gasteiger partial charge in [-0.05, 0) is 53.6 Å². The lowest BCUT2D eigenvalue weighted by Gasteiger charge is -2.03. The van der Waals surface area contributed by atoms with Gasteiger partial charge in [0.1, 0.15) is 5.75 Å². The van der Waals surface area contributed by atoms with Crippen molar-refractivity contribution in [3.8, 4) is 16.2 Å². The van der Waals surface area contributed by atoms with Crippen molar-refractivity contribution in [2.24, 2.45) is 0 Å². The second-order valence-electron chi connectivity index (χ2n) is 5.68. The van der Waals surface area contributed by atoms with Gasteiger partial charge in [0.05, 0.1) is 7.11 Å². The van der Waals surface area contributed by atoms with E-state index in [-0.39, 0.29) is 0 Å². The van der Waals surface area contributed by atoms with Gasteiger partial charge in [-0.15, -0.1) is 11.3 Å². The minimum atomic E-state index is 0.874. The lowest BCUT2D eigenvalue weighted by molar-refractivity contribution is 0.415. The highest BCUT2D eigenvalue weighted by atomic mass is 32.1. The number of pyridine rings is 1. The first-order valence-electron chi connectivity index (χ1n) is 8.09. The van der Waals surface area contributed by atoms with Gasteiger partial charge in [0.25, 0.3) is 0 Å². The predicted octanol–water partition coefficient (Wildman–Crippen LogP) is 6.14. The quantitative estimate of drug-likeness (QED) is 0.444. The first-order valence-corrected chi connectivity index (χ1v) is 8.91. The van der Waals surface area contributed by atoms with E-state index in [1.807, 2.05) is 48.0 Å². The van der Waals surface area contributed by atoms with Gasteiger partial charge >= 0.3 is 0 Å². The summed E-state index contributed by atoms with van der Waals surface area (Å²) >= 11 is 1.82. The molecule has 2 aromatic heterocycles. The number of hydrogen-bond acceptors (Lipinski definition) is 3. The van der Waals surface area contributed by atoms with Crippen LogP contribution in [0.4, 0.5) is 0 Å². The Hall–Kier alpha value is -2.91. The molecule has 0 aliphatic rings. The Labute approximate surface area is 151 Å². The normalized spacial score (nSPS) is 11.2. The molecular weight excluding hydrogens is 326 g/mol. The molecule has 0 saturated heterocycles. The standard InChI is InChI=1S/C22H17NOS/c1-24-18-9-7-17(8-10-18)22-20(11-6-16-12-14-23-15-13-16)19-4-2-3-5-21(19)25-22/h2-15H,1H3/b11-6+. The summed E-state index contributed by atoms with van der Waals surface area (Å²) in [5.74, 6) is 0.874. The fourth-order valence-electron chi connectivity index (χ4n) is 2.84. The summed E-state index contributed by atoms with van der Waals surface area (Å²) in [5, 5.41) is 1.28. The van der Waals surface area contributed by atoms with Gasteiger partial charge in [0.2, 0.25) is 0 Å². The van der Waals surface area contributed by atoms with Gasteiger partial charge in [0.15, 0.2) is 0 Å². The lowest BCUT2D eigenvalue weighted by atomic mass is 10.0. The van der Waals surface area contributed by atoms with Crippen molar-refractivity contribution in [3.63, 3.8) is 0 Å². The van der Waals surface area contributed by atoms with E-state index < -0.39 is 0 Å². The zero-order valence-corrected chi connectivity index (χ0v) is 14.7. The Balaban J connectivity index is 1.84. The van der Waals surface area contributed by atoms with Gasteiger partial charge < -0.3 is 4.74 Å². The molecule has 0 radical (unpaired) electrons. The van der Waals surface area contributed by atoms with E-state index in [0.29, 0.717) is 0 Å². The SMILES string of the molecule is COc1ccc(-c2sc3ccccc3c2/C=C/c2ccncc2)cc1. The third-order valence-electron chi connectivity index (χ3n) is 4.13. The van der Waals surface area contributed by atoms with Crippen LogP contribution in [0.3, 0.4) is 0 Å². The van der Waals surface area contributed by atoms with Crippen LogP contribution < -0.4 is 4.74 Å². The molecule has 0 saturated carbocycles. The van der Waals surface area contributed by atoms with E-state index in [1.54, 1.807) is 7.11 Å². The highest BCUT2D eigenvalue weighted by molar-refractivity contribution is 7.22. The Bertz CT molecular complexity index is 1020. The number of nitrogens with zero attached hydrogens (tertiary/aromatic N) is 1. The first-order chi connectivity index (χ1) is 12.3. The Morgan fingerprint density at radius 2 is 1.64 bits per heavy atom. The molecule has 0 unspecified atom stereocenters. The zero-order valence-electron chi connectivity index (χ0n) is 13.8. The van der Waals surface area contributed by atoms with E-state index in [1.165, 1.54) is 26.1 Å². The average molecular weight is 343 g/mol. The summed E-state index contributed by atoms with van der Waals surface area (Å²) in [5.41, 5.74) is 3.60. The molecule has 122 valence electrons. The number of aromatic nitrogens is 1. The molecule has 0 N–H and O–H groups in total. The second kappa shape index (κ2) is 6.91. The maximum absolute atomic E-state index is 5.28. The summed E-state index contributed by atoms with van der Waals surface area (Å²) in [4.78, 5) is 5.35. The fourth-order valence-corrected chi connectivity index (χ4v) is 4.04. The molecule has 0 fully saturated rings. The molecule has 25 heavy (non-hydrogen) atoms. The number of fused-ring (bicyclic) bond motifs is 1. The van der Waals surface area contributed by atoms with Crippen LogP contribution in [-0.2, 0) is 0 Å². The molecule has 0 spiro atoms. The molecule has 0 aliphatic carbocycles. The van der Waals surface area contributed by atoms with E-state index in [0.717, 1.165) is 11.3 Å². The third-order valence-corrected chi connectivity index (χ3v) is 5.37. The van der Waals surface area contributed by atoms with E-state index in [2.05, 4.69) is 53.5 Å². The summed E-state index contributed by atoms with van der Waals surface area (Å²) in [6.07, 6.45) is 7.97. The summed E-state index contributed by atoms with van der Waals surface area (Å²) in [7, 11) is 1.69. The number of hydrogen-bond donors (Lipinski definition) is 0. The van der Waals surface area contributed by atoms with Crippen molar-refractivity contribution in [1.82, 2.24) is 4.98 Å². The Morgan fingerprint density at radius 1 is 0.880 bits per heavy atom. The van der Waals surface area contributed by atoms with Crippen LogP contribution in [0.25, 0.3) is 32.7 Å². The summed E-state index contributed by atoms with van der Waals surface area (Å²) in [6.45, 7) is 0. The Kier molecular flexibility index (Phi) is 4.32. The molecule has 0 amide bonds. The second-order valence-corrected chi connectivity index (χ2v) is 6.74. The highest BCUT2D eigenvalue weighted by Crippen LogP contribution is 2.40. The van der Waals surface area contributed by atoms with Crippen molar-refractivity contribution in [2.75, 3.05) is 7.11 Å². The molecule has 2 heterocycles. The van der Waals surface area contributed by atoms with Crippen LogP contribution in [-0.4, -0.2) is 12.1 Å². The maximum Gasteiger partial charge on any atom is 0.118 e. The van der Waals surface area contributed by atoms with E-state index in [4.69, 9.17) is 4.74 Å². The van der Waals surface area contributed by atoms with Crippen LogP contribution >= 0.6 is 11.3 Å². The number of ether oxygens (including phenoxy) is 1. The van der Waals surface area contributed by atoms with Gasteiger partial charge in [-0.2, -0.15) is 0 Å². The van der Waals surface area contributed by atoms with E-state index >= 15 is 0 Å². The van der Waals surface area contributed by atoms with Crippen LogP contribution in [0.5, 0.6) is 5.75 Å². The predicted molar refractivity (Wildman–Crippen MR) is 107 cm³/mol. The van der Waals surface area contributed by atoms with Crippen molar-refractivity contribution in [2.45, 2.75) is 0 Å². The largest absolute Gasteiger partial charge is 0.497 e. The van der Waals surface area contributed by atoms with Crippen molar-refractivity contribution in [3.05, 3.63) is 84.2 Å².